The van der Waals surface area contributed by atoms with E-state index in [1.54, 1.807) is 11.0 Å². The molecule has 4 atom stereocenters. The van der Waals surface area contributed by atoms with E-state index in [0.717, 1.165) is 37.7 Å². The number of nitrogens with zero attached hydrogens (tertiary/aromatic N) is 1. The number of carbonyl (C=O) groups is 2. The second-order valence-corrected chi connectivity index (χ2v) is 8.91. The first-order chi connectivity index (χ1) is 16.1. The number of aliphatic hydroxyl groups excluding tert-OH is 2. The minimum Gasteiger partial charge on any atom is -0.486 e. The Hall–Kier alpha value is -2.42. The predicted octanol–water partition coefficient (Wildman–Crippen LogP) is 1.51. The molecule has 33 heavy (non-hydrogen) atoms. The van der Waals surface area contributed by atoms with Gasteiger partial charge in [-0.05, 0) is 31.9 Å². The molecule has 1 heterocycles. The number of hydrogen-bond acceptors (Lipinski definition) is 6. The number of ether oxygens (including phenoxy) is 2. The molecule has 180 valence electrons. The molecule has 3 N–H and O–H groups in total. The van der Waals surface area contributed by atoms with Crippen LogP contribution in [0.5, 0.6) is 5.75 Å². The van der Waals surface area contributed by atoms with Crippen LogP contribution in [0.2, 0.25) is 0 Å². The van der Waals surface area contributed by atoms with E-state index in [9.17, 15) is 19.8 Å². The molecule has 8 heteroatoms. The van der Waals surface area contributed by atoms with Crippen molar-refractivity contribution in [3.63, 3.8) is 0 Å². The Balaban J connectivity index is 1.73. The Morgan fingerprint density at radius 1 is 1.21 bits per heavy atom. The van der Waals surface area contributed by atoms with Crippen molar-refractivity contribution in [2.75, 3.05) is 26.4 Å². The fraction of sp³-hybridized carbons (Fsp3) is 0.600. The normalized spacial score (nSPS) is 26.6. The van der Waals surface area contributed by atoms with E-state index in [1.807, 2.05) is 31.2 Å². The molecule has 2 aliphatic carbocycles. The monoisotopic (exact) mass is 458 g/mol. The van der Waals surface area contributed by atoms with Gasteiger partial charge in [0.25, 0.3) is 0 Å². The highest BCUT2D eigenvalue weighted by atomic mass is 16.5. The van der Waals surface area contributed by atoms with E-state index in [1.165, 1.54) is 0 Å². The molecule has 4 rings (SSSR count). The number of fused-ring (bicyclic) bond motifs is 3. The summed E-state index contributed by atoms with van der Waals surface area (Å²) >= 11 is 0. The molecule has 8 nitrogen and oxygen atoms in total. The molecule has 3 aliphatic rings. The van der Waals surface area contributed by atoms with Gasteiger partial charge in [-0.25, -0.2) is 0 Å². The van der Waals surface area contributed by atoms with Crippen LogP contribution < -0.4 is 10.1 Å². The Bertz CT molecular complexity index is 881. The Morgan fingerprint density at radius 3 is 2.70 bits per heavy atom. The predicted molar refractivity (Wildman–Crippen MR) is 122 cm³/mol. The van der Waals surface area contributed by atoms with Crippen LogP contribution in [-0.2, 0) is 14.3 Å². The molecular formula is C25H34N2O6. The van der Waals surface area contributed by atoms with Crippen LogP contribution in [0.1, 0.15) is 50.5 Å². The quantitative estimate of drug-likeness (QED) is 0.545. The lowest BCUT2D eigenvalue weighted by Crippen LogP contribution is -2.59. The van der Waals surface area contributed by atoms with Gasteiger partial charge in [0.05, 0.1) is 18.6 Å². The maximum Gasteiger partial charge on any atom is 0.249 e. The molecule has 0 radical (unpaired) electrons. The van der Waals surface area contributed by atoms with Crippen molar-refractivity contribution in [2.24, 2.45) is 0 Å². The molecule has 0 bridgehead atoms. The zero-order valence-corrected chi connectivity index (χ0v) is 19.1. The molecule has 1 aromatic rings. The Labute approximate surface area is 194 Å². The summed E-state index contributed by atoms with van der Waals surface area (Å²) in [6.45, 7) is 2.15. The van der Waals surface area contributed by atoms with Crippen LogP contribution in [0.3, 0.4) is 0 Å². The maximum absolute atomic E-state index is 13.3. The molecule has 0 aromatic heterocycles. The smallest absolute Gasteiger partial charge is 0.249 e. The van der Waals surface area contributed by atoms with Crippen LogP contribution in [0.25, 0.3) is 0 Å². The molecule has 1 aromatic carbocycles. The van der Waals surface area contributed by atoms with Crippen LogP contribution >= 0.6 is 0 Å². The lowest BCUT2D eigenvalue weighted by atomic mass is 9.77. The summed E-state index contributed by atoms with van der Waals surface area (Å²) in [6.07, 6.45) is 4.95. The van der Waals surface area contributed by atoms with Crippen LogP contribution in [0.4, 0.5) is 0 Å². The van der Waals surface area contributed by atoms with E-state index in [2.05, 4.69) is 5.32 Å². The number of amides is 2. The van der Waals surface area contributed by atoms with Crippen molar-refractivity contribution < 1.29 is 29.3 Å². The van der Waals surface area contributed by atoms with E-state index in [4.69, 9.17) is 9.47 Å². The topological polar surface area (TPSA) is 108 Å². The lowest BCUT2D eigenvalue weighted by molar-refractivity contribution is -0.146. The van der Waals surface area contributed by atoms with Crippen molar-refractivity contribution in [1.82, 2.24) is 10.2 Å². The lowest BCUT2D eigenvalue weighted by Gasteiger charge is -2.45. The molecule has 4 unspecified atom stereocenters. The van der Waals surface area contributed by atoms with Crippen LogP contribution in [0, 0.1) is 0 Å². The van der Waals surface area contributed by atoms with Gasteiger partial charge in [-0.3, -0.25) is 9.59 Å². The summed E-state index contributed by atoms with van der Waals surface area (Å²) in [5.41, 5.74) is 1.30. The number of benzene rings is 1. The largest absolute Gasteiger partial charge is 0.486 e. The van der Waals surface area contributed by atoms with Crippen molar-refractivity contribution >= 4 is 11.8 Å². The van der Waals surface area contributed by atoms with Gasteiger partial charge in [-0.15, -0.1) is 0 Å². The SMILES string of the molecule is CCOCC(=O)N(C1CCCCC1)C1C=C(C(=O)NCCO)C2c3ccccc3OC2C1O. The molecule has 2 amide bonds. The van der Waals surface area contributed by atoms with Crippen molar-refractivity contribution in [1.29, 1.82) is 0 Å². The van der Waals surface area contributed by atoms with E-state index < -0.39 is 24.2 Å². The molecule has 1 aliphatic heterocycles. The zero-order valence-electron chi connectivity index (χ0n) is 19.1. The van der Waals surface area contributed by atoms with E-state index >= 15 is 0 Å². The third kappa shape index (κ3) is 4.78. The highest BCUT2D eigenvalue weighted by Crippen LogP contribution is 2.47. The second kappa shape index (κ2) is 10.7. The van der Waals surface area contributed by atoms with Gasteiger partial charge < -0.3 is 29.9 Å². The number of carbonyl (C=O) groups excluding carboxylic acids is 2. The second-order valence-electron chi connectivity index (χ2n) is 8.91. The van der Waals surface area contributed by atoms with Crippen LogP contribution in [-0.4, -0.2) is 77.6 Å². The first-order valence-electron chi connectivity index (χ1n) is 12.0. The standard InChI is InChI=1S/C25H34N2O6/c1-2-32-15-21(29)27(16-8-4-3-5-9-16)19-14-18(25(31)26-12-13-28)22-17-10-6-7-11-20(17)33-24(22)23(19)30/h6-7,10-11,14,16,19,22-24,28,30H,2-5,8-9,12-13,15H2,1H3,(H,26,31). The maximum atomic E-state index is 13.3. The zero-order chi connectivity index (χ0) is 23.4. The van der Waals surface area contributed by atoms with Crippen molar-refractivity contribution in [3.05, 3.63) is 41.5 Å². The number of hydrogen-bond donors (Lipinski definition) is 3. The van der Waals surface area contributed by atoms with Crippen molar-refractivity contribution in [3.8, 4) is 5.75 Å². The van der Waals surface area contributed by atoms with Gasteiger partial charge in [0.1, 0.15) is 24.6 Å². The summed E-state index contributed by atoms with van der Waals surface area (Å²) in [6, 6.07) is 6.75. The molecule has 1 fully saturated rings. The number of rotatable bonds is 8. The van der Waals surface area contributed by atoms with E-state index in [0.29, 0.717) is 17.9 Å². The number of aliphatic hydroxyl groups is 2. The highest BCUT2D eigenvalue weighted by molar-refractivity contribution is 5.96. The average Bonchev–Trinajstić information content (AvgIpc) is 3.23. The number of nitrogens with one attached hydrogen (secondary N) is 1. The summed E-state index contributed by atoms with van der Waals surface area (Å²) in [4.78, 5) is 28.2. The van der Waals surface area contributed by atoms with E-state index in [-0.39, 0.29) is 37.6 Å². The molecular weight excluding hydrogens is 424 g/mol. The summed E-state index contributed by atoms with van der Waals surface area (Å²) in [5, 5.41) is 23.4. The summed E-state index contributed by atoms with van der Waals surface area (Å²) in [7, 11) is 0. The average molecular weight is 459 g/mol. The van der Waals surface area contributed by atoms with Gasteiger partial charge >= 0.3 is 0 Å². The van der Waals surface area contributed by atoms with Crippen LogP contribution in [0.15, 0.2) is 35.9 Å². The highest BCUT2D eigenvalue weighted by Gasteiger charge is 2.51. The molecule has 0 saturated heterocycles. The Morgan fingerprint density at radius 2 is 1.97 bits per heavy atom. The molecule has 0 spiro atoms. The molecule has 1 saturated carbocycles. The minimum absolute atomic E-state index is 0.0234. The van der Waals surface area contributed by atoms with Gasteiger partial charge in [-0.2, -0.15) is 0 Å². The fourth-order valence-electron chi connectivity index (χ4n) is 5.40. The summed E-state index contributed by atoms with van der Waals surface area (Å²) < 4.78 is 11.6. The Kier molecular flexibility index (Phi) is 7.67. The first-order valence-corrected chi connectivity index (χ1v) is 12.0. The van der Waals surface area contributed by atoms with Gasteiger partial charge in [-0.1, -0.05) is 37.5 Å². The third-order valence-electron chi connectivity index (χ3n) is 6.88. The van der Waals surface area contributed by atoms with Gasteiger partial charge in [0, 0.05) is 30.3 Å². The van der Waals surface area contributed by atoms with Gasteiger partial charge in [0.15, 0.2) is 0 Å². The fourth-order valence-corrected chi connectivity index (χ4v) is 5.40. The van der Waals surface area contributed by atoms with Gasteiger partial charge in [0.2, 0.25) is 11.8 Å². The first kappa shape index (κ1) is 23.7. The number of para-hydroxylation sites is 1. The third-order valence-corrected chi connectivity index (χ3v) is 6.88. The minimum atomic E-state index is -0.996. The van der Waals surface area contributed by atoms with Crippen molar-refractivity contribution in [2.45, 2.75) is 69.2 Å². The summed E-state index contributed by atoms with van der Waals surface area (Å²) in [5.74, 6) is -0.315.